The summed E-state index contributed by atoms with van der Waals surface area (Å²) >= 11 is 0. The minimum absolute atomic E-state index is 0.379. The summed E-state index contributed by atoms with van der Waals surface area (Å²) in [7, 11) is 0. The summed E-state index contributed by atoms with van der Waals surface area (Å²) in [6, 6.07) is 8.98. The molecule has 3 saturated heterocycles. The third-order valence-corrected chi connectivity index (χ3v) is 4.18. The highest BCUT2D eigenvalue weighted by molar-refractivity contribution is 5.29. The van der Waals surface area contributed by atoms with E-state index < -0.39 is 0 Å². The van der Waals surface area contributed by atoms with E-state index in [1.807, 2.05) is 0 Å². The van der Waals surface area contributed by atoms with E-state index >= 15 is 0 Å². The third kappa shape index (κ3) is 1.40. The first-order valence-electron chi connectivity index (χ1n) is 6.27. The van der Waals surface area contributed by atoms with Gasteiger partial charge in [-0.2, -0.15) is 0 Å². The molecule has 0 aromatic heterocycles. The average molecular weight is 216 g/mol. The molecule has 2 nitrogen and oxygen atoms in total. The highest BCUT2D eigenvalue weighted by Gasteiger charge is 2.41. The molecule has 5 rings (SSSR count). The first kappa shape index (κ1) is 9.20. The van der Waals surface area contributed by atoms with Crippen LogP contribution >= 0.6 is 0 Å². The second kappa shape index (κ2) is 3.31. The van der Waals surface area contributed by atoms with Gasteiger partial charge < -0.3 is 9.47 Å². The molecule has 3 heterocycles. The van der Waals surface area contributed by atoms with Crippen LogP contribution in [0.15, 0.2) is 24.3 Å². The fourth-order valence-electron chi connectivity index (χ4n) is 3.07. The zero-order valence-electron chi connectivity index (χ0n) is 9.26. The Hall–Kier alpha value is -0.860. The number of ether oxygens (including phenoxy) is 2. The lowest BCUT2D eigenvalue weighted by molar-refractivity contribution is -0.167. The molecule has 0 amide bonds. The van der Waals surface area contributed by atoms with E-state index in [0.29, 0.717) is 24.2 Å². The highest BCUT2D eigenvalue weighted by Crippen LogP contribution is 2.44. The maximum absolute atomic E-state index is 5.81. The van der Waals surface area contributed by atoms with Gasteiger partial charge >= 0.3 is 0 Å². The molecule has 4 aliphatic rings. The third-order valence-electron chi connectivity index (χ3n) is 4.18. The Morgan fingerprint density at radius 2 is 1.69 bits per heavy atom. The van der Waals surface area contributed by atoms with Gasteiger partial charge in [0, 0.05) is 12.3 Å². The van der Waals surface area contributed by atoms with Crippen LogP contribution in [0.1, 0.15) is 42.4 Å². The van der Waals surface area contributed by atoms with Gasteiger partial charge in [0.1, 0.15) is 6.10 Å². The minimum atomic E-state index is 0.379. The van der Waals surface area contributed by atoms with Crippen LogP contribution in [-0.2, 0) is 9.47 Å². The van der Waals surface area contributed by atoms with Crippen LogP contribution in [0, 0.1) is 0 Å². The lowest BCUT2D eigenvalue weighted by Crippen LogP contribution is -2.46. The molecule has 16 heavy (non-hydrogen) atoms. The average Bonchev–Trinajstić information content (AvgIpc) is 3.12. The predicted molar refractivity (Wildman–Crippen MR) is 60.4 cm³/mol. The molecule has 0 radical (unpaired) electrons. The Balaban J connectivity index is 1.56. The lowest BCUT2D eigenvalue weighted by Gasteiger charge is -2.46. The molecule has 3 aliphatic heterocycles. The van der Waals surface area contributed by atoms with Crippen molar-refractivity contribution in [3.05, 3.63) is 35.4 Å². The van der Waals surface area contributed by atoms with Gasteiger partial charge in [-0.05, 0) is 24.0 Å². The molecule has 1 aromatic carbocycles. The molecule has 2 heteroatoms. The van der Waals surface area contributed by atoms with Gasteiger partial charge in [0.05, 0.1) is 18.8 Å². The van der Waals surface area contributed by atoms with Gasteiger partial charge in [0.25, 0.3) is 0 Å². The van der Waals surface area contributed by atoms with Crippen LogP contribution in [0.25, 0.3) is 0 Å². The van der Waals surface area contributed by atoms with E-state index in [1.165, 1.54) is 30.4 Å². The molecule has 1 aliphatic carbocycles. The molecular weight excluding hydrogens is 200 g/mol. The topological polar surface area (TPSA) is 21.8 Å². The monoisotopic (exact) mass is 216 g/mol. The minimum Gasteiger partial charge on any atom is -0.374 e. The molecule has 0 N–H and O–H groups in total. The molecule has 2 bridgehead atoms. The maximum Gasteiger partial charge on any atom is 0.106 e. The van der Waals surface area contributed by atoms with Crippen LogP contribution in [0.4, 0.5) is 0 Å². The number of rotatable bonds is 2. The number of fused-ring (bicyclic) bond motifs is 2. The Bertz CT molecular complexity index is 385. The second-order valence-electron chi connectivity index (χ2n) is 5.20. The Kier molecular flexibility index (Phi) is 1.91. The summed E-state index contributed by atoms with van der Waals surface area (Å²) in [4.78, 5) is 0. The van der Waals surface area contributed by atoms with Gasteiger partial charge in [-0.1, -0.05) is 24.3 Å². The molecule has 1 aromatic rings. The summed E-state index contributed by atoms with van der Waals surface area (Å²) in [6.07, 6.45) is 5.29. The number of hydrogen-bond acceptors (Lipinski definition) is 2. The quantitative estimate of drug-likeness (QED) is 0.709. The summed E-state index contributed by atoms with van der Waals surface area (Å²) in [6.45, 7) is 0.899. The van der Waals surface area contributed by atoms with E-state index in [2.05, 4.69) is 24.3 Å². The largest absolute Gasteiger partial charge is 0.374 e. The normalized spacial score (nSPS) is 40.2. The maximum atomic E-state index is 5.81. The number of hydrogen-bond donors (Lipinski definition) is 0. The van der Waals surface area contributed by atoms with Gasteiger partial charge in [-0.25, -0.2) is 0 Å². The predicted octanol–water partition coefficient (Wildman–Crippen LogP) is 2.79. The molecular formula is C14H16O2. The Morgan fingerprint density at radius 3 is 2.25 bits per heavy atom. The van der Waals surface area contributed by atoms with Gasteiger partial charge in [0.2, 0.25) is 0 Å². The van der Waals surface area contributed by atoms with Gasteiger partial charge in [0.15, 0.2) is 0 Å². The van der Waals surface area contributed by atoms with Crippen molar-refractivity contribution < 1.29 is 9.47 Å². The van der Waals surface area contributed by atoms with Crippen molar-refractivity contribution in [2.45, 2.75) is 43.5 Å². The zero-order chi connectivity index (χ0) is 10.5. The molecule has 4 atom stereocenters. The van der Waals surface area contributed by atoms with E-state index in [0.717, 1.165) is 6.61 Å². The van der Waals surface area contributed by atoms with Crippen LogP contribution in [-0.4, -0.2) is 18.8 Å². The fraction of sp³-hybridized carbons (Fsp3) is 0.571. The Morgan fingerprint density at radius 1 is 1.00 bits per heavy atom. The van der Waals surface area contributed by atoms with Crippen molar-refractivity contribution in [1.82, 2.24) is 0 Å². The first-order chi connectivity index (χ1) is 7.90. The zero-order valence-corrected chi connectivity index (χ0v) is 9.26. The lowest BCUT2D eigenvalue weighted by atomic mass is 9.76. The Labute approximate surface area is 95.6 Å². The first-order valence-corrected chi connectivity index (χ1v) is 6.27. The van der Waals surface area contributed by atoms with Crippen molar-refractivity contribution >= 4 is 0 Å². The van der Waals surface area contributed by atoms with E-state index in [4.69, 9.17) is 9.47 Å². The van der Waals surface area contributed by atoms with Crippen molar-refractivity contribution in [3.8, 4) is 0 Å². The summed E-state index contributed by atoms with van der Waals surface area (Å²) < 4.78 is 11.1. The summed E-state index contributed by atoms with van der Waals surface area (Å²) in [5.41, 5.74) is 2.78. The molecule has 1 saturated carbocycles. The van der Waals surface area contributed by atoms with Crippen LogP contribution in [0.3, 0.4) is 0 Å². The second-order valence-corrected chi connectivity index (χ2v) is 5.20. The van der Waals surface area contributed by atoms with Crippen molar-refractivity contribution in [2.24, 2.45) is 0 Å². The summed E-state index contributed by atoms with van der Waals surface area (Å²) in [5.74, 6) is 0.638. The SMILES string of the molecule is c1cc(C2CCC3CC2O3)ccc1C1CO1. The van der Waals surface area contributed by atoms with Crippen LogP contribution in [0.5, 0.6) is 0 Å². The van der Waals surface area contributed by atoms with Crippen LogP contribution in [0.2, 0.25) is 0 Å². The molecule has 0 spiro atoms. The molecule has 4 fully saturated rings. The fourth-order valence-corrected chi connectivity index (χ4v) is 3.07. The number of epoxide rings is 1. The molecule has 4 unspecified atom stereocenters. The van der Waals surface area contributed by atoms with Crippen molar-refractivity contribution in [3.63, 3.8) is 0 Å². The van der Waals surface area contributed by atoms with Gasteiger partial charge in [-0.15, -0.1) is 0 Å². The van der Waals surface area contributed by atoms with Crippen LogP contribution < -0.4 is 0 Å². The van der Waals surface area contributed by atoms with E-state index in [1.54, 1.807) is 0 Å². The van der Waals surface area contributed by atoms with Crippen molar-refractivity contribution in [2.75, 3.05) is 6.61 Å². The smallest absolute Gasteiger partial charge is 0.106 e. The highest BCUT2D eigenvalue weighted by atomic mass is 16.6. The molecule has 84 valence electrons. The van der Waals surface area contributed by atoms with E-state index in [-0.39, 0.29) is 0 Å². The van der Waals surface area contributed by atoms with E-state index in [9.17, 15) is 0 Å². The number of benzene rings is 1. The van der Waals surface area contributed by atoms with Gasteiger partial charge in [-0.3, -0.25) is 0 Å². The summed E-state index contributed by atoms with van der Waals surface area (Å²) in [5, 5.41) is 0. The van der Waals surface area contributed by atoms with Crippen molar-refractivity contribution in [1.29, 1.82) is 0 Å². The standard InChI is InChI=1S/C14H16O2/c1-3-10(14-8-15-14)4-2-9(1)12-6-5-11-7-13(12)16-11/h1-4,11-14H,5-8H2.